The van der Waals surface area contributed by atoms with Gasteiger partial charge in [0.15, 0.2) is 6.10 Å². The number of amides is 1. The summed E-state index contributed by atoms with van der Waals surface area (Å²) in [7, 11) is 0. The van der Waals surface area contributed by atoms with Crippen LogP contribution in [-0.2, 0) is 4.79 Å². The molecule has 1 unspecified atom stereocenters. The fourth-order valence-electron chi connectivity index (χ4n) is 3.04. The molecule has 0 aromatic heterocycles. The molecule has 4 heteroatoms. The second kappa shape index (κ2) is 9.28. The Morgan fingerprint density at radius 1 is 0.828 bits per heavy atom. The van der Waals surface area contributed by atoms with Crippen LogP contribution in [0.15, 0.2) is 72.8 Å². The van der Waals surface area contributed by atoms with Crippen LogP contribution in [0.4, 0.5) is 17.1 Å². The standard InChI is InChI=1S/C25H28N2O2/c1-17(2)21-9-5-8-12-24(21)29-19(4)25(28)27-23-11-7-6-10-22(23)26-20-15-13-18(3)14-16-20/h5-17,19,26H,1-4H3,(H,27,28). The van der Waals surface area contributed by atoms with Crippen LogP contribution in [0.5, 0.6) is 5.75 Å². The summed E-state index contributed by atoms with van der Waals surface area (Å²) < 4.78 is 5.98. The van der Waals surface area contributed by atoms with Gasteiger partial charge in [-0.3, -0.25) is 4.79 Å². The maximum absolute atomic E-state index is 12.8. The highest BCUT2D eigenvalue weighted by atomic mass is 16.5. The SMILES string of the molecule is Cc1ccc(Nc2ccccc2NC(=O)C(C)Oc2ccccc2C(C)C)cc1. The summed E-state index contributed by atoms with van der Waals surface area (Å²) in [4.78, 5) is 12.8. The van der Waals surface area contributed by atoms with Gasteiger partial charge in [-0.15, -0.1) is 0 Å². The zero-order valence-electron chi connectivity index (χ0n) is 17.4. The fraction of sp³-hybridized carbons (Fsp3) is 0.240. The summed E-state index contributed by atoms with van der Waals surface area (Å²) >= 11 is 0. The van der Waals surface area contributed by atoms with Gasteiger partial charge in [-0.05, 0) is 55.7 Å². The van der Waals surface area contributed by atoms with Crippen molar-refractivity contribution in [2.45, 2.75) is 39.7 Å². The molecule has 0 aliphatic rings. The Kier molecular flexibility index (Phi) is 6.55. The fourth-order valence-corrected chi connectivity index (χ4v) is 3.04. The number of benzene rings is 3. The second-order valence-electron chi connectivity index (χ2n) is 7.48. The van der Waals surface area contributed by atoms with Crippen molar-refractivity contribution in [3.8, 4) is 5.75 Å². The van der Waals surface area contributed by atoms with Gasteiger partial charge in [0.05, 0.1) is 11.4 Å². The normalized spacial score (nSPS) is 11.8. The van der Waals surface area contributed by atoms with Gasteiger partial charge in [-0.2, -0.15) is 0 Å². The van der Waals surface area contributed by atoms with Gasteiger partial charge in [0.25, 0.3) is 5.91 Å². The second-order valence-corrected chi connectivity index (χ2v) is 7.48. The van der Waals surface area contributed by atoms with E-state index in [2.05, 4.69) is 31.4 Å². The molecule has 0 aliphatic heterocycles. The first kappa shape index (κ1) is 20.5. The van der Waals surface area contributed by atoms with E-state index in [1.807, 2.05) is 72.8 Å². The zero-order valence-corrected chi connectivity index (χ0v) is 17.4. The number of carbonyl (C=O) groups is 1. The van der Waals surface area contributed by atoms with Crippen molar-refractivity contribution in [3.05, 3.63) is 83.9 Å². The van der Waals surface area contributed by atoms with Gasteiger partial charge in [-0.25, -0.2) is 0 Å². The lowest BCUT2D eigenvalue weighted by molar-refractivity contribution is -0.122. The maximum Gasteiger partial charge on any atom is 0.265 e. The van der Waals surface area contributed by atoms with E-state index in [1.54, 1.807) is 6.92 Å². The summed E-state index contributed by atoms with van der Waals surface area (Å²) in [5.74, 6) is 0.874. The predicted octanol–water partition coefficient (Wildman–Crippen LogP) is 6.27. The van der Waals surface area contributed by atoms with Crippen molar-refractivity contribution in [3.63, 3.8) is 0 Å². The Labute approximate surface area is 172 Å². The molecule has 0 radical (unpaired) electrons. The Bertz CT molecular complexity index is 965. The highest BCUT2D eigenvalue weighted by Gasteiger charge is 2.18. The van der Waals surface area contributed by atoms with E-state index in [-0.39, 0.29) is 5.91 Å². The minimum Gasteiger partial charge on any atom is -0.481 e. The van der Waals surface area contributed by atoms with E-state index in [1.165, 1.54) is 5.56 Å². The topological polar surface area (TPSA) is 50.4 Å². The van der Waals surface area contributed by atoms with Gasteiger partial charge in [0.2, 0.25) is 0 Å². The van der Waals surface area contributed by atoms with Crippen molar-refractivity contribution in [1.82, 2.24) is 0 Å². The van der Waals surface area contributed by atoms with Crippen LogP contribution in [-0.4, -0.2) is 12.0 Å². The average Bonchev–Trinajstić information content (AvgIpc) is 2.71. The van der Waals surface area contributed by atoms with Crippen LogP contribution in [0.1, 0.15) is 37.8 Å². The molecule has 2 N–H and O–H groups in total. The molecule has 29 heavy (non-hydrogen) atoms. The Balaban J connectivity index is 1.71. The monoisotopic (exact) mass is 388 g/mol. The largest absolute Gasteiger partial charge is 0.481 e. The minimum absolute atomic E-state index is 0.193. The first-order chi connectivity index (χ1) is 13.9. The van der Waals surface area contributed by atoms with E-state index in [9.17, 15) is 4.79 Å². The third kappa shape index (κ3) is 5.38. The van der Waals surface area contributed by atoms with Gasteiger partial charge in [-0.1, -0.05) is 61.9 Å². The number of nitrogens with one attached hydrogen (secondary N) is 2. The van der Waals surface area contributed by atoms with Gasteiger partial charge < -0.3 is 15.4 Å². The summed E-state index contributed by atoms with van der Waals surface area (Å²) in [5, 5.41) is 6.35. The molecule has 0 aliphatic carbocycles. The third-order valence-electron chi connectivity index (χ3n) is 4.73. The molecule has 0 heterocycles. The van der Waals surface area contributed by atoms with Crippen LogP contribution in [0.2, 0.25) is 0 Å². The molecule has 0 saturated heterocycles. The van der Waals surface area contributed by atoms with E-state index in [4.69, 9.17) is 4.74 Å². The molecule has 0 fully saturated rings. The molecule has 3 rings (SSSR count). The molecular weight excluding hydrogens is 360 g/mol. The van der Waals surface area contributed by atoms with Crippen molar-refractivity contribution in [2.24, 2.45) is 0 Å². The smallest absolute Gasteiger partial charge is 0.265 e. The lowest BCUT2D eigenvalue weighted by Gasteiger charge is -2.20. The first-order valence-electron chi connectivity index (χ1n) is 9.93. The lowest BCUT2D eigenvalue weighted by atomic mass is 10.0. The van der Waals surface area contributed by atoms with E-state index < -0.39 is 6.10 Å². The van der Waals surface area contributed by atoms with Crippen LogP contribution in [0, 0.1) is 6.92 Å². The molecule has 0 spiro atoms. The van der Waals surface area contributed by atoms with Crippen molar-refractivity contribution >= 4 is 23.0 Å². The number of hydrogen-bond acceptors (Lipinski definition) is 3. The van der Waals surface area contributed by atoms with E-state index >= 15 is 0 Å². The number of anilines is 3. The molecule has 0 bridgehead atoms. The van der Waals surface area contributed by atoms with Crippen LogP contribution < -0.4 is 15.4 Å². The van der Waals surface area contributed by atoms with Gasteiger partial charge in [0.1, 0.15) is 5.75 Å². The highest BCUT2D eigenvalue weighted by molar-refractivity contribution is 5.97. The van der Waals surface area contributed by atoms with Crippen LogP contribution in [0.3, 0.4) is 0 Å². The third-order valence-corrected chi connectivity index (χ3v) is 4.73. The Morgan fingerprint density at radius 2 is 1.45 bits per heavy atom. The molecule has 4 nitrogen and oxygen atoms in total. The average molecular weight is 389 g/mol. The van der Waals surface area contributed by atoms with E-state index in [0.29, 0.717) is 11.6 Å². The van der Waals surface area contributed by atoms with Gasteiger partial charge >= 0.3 is 0 Å². The summed E-state index contributed by atoms with van der Waals surface area (Å²) in [5.41, 5.74) is 4.80. The number of carbonyl (C=O) groups excluding carboxylic acids is 1. The lowest BCUT2D eigenvalue weighted by Crippen LogP contribution is -2.30. The first-order valence-corrected chi connectivity index (χ1v) is 9.93. The number of hydrogen-bond donors (Lipinski definition) is 2. The van der Waals surface area contributed by atoms with Gasteiger partial charge in [0, 0.05) is 5.69 Å². The molecule has 1 amide bonds. The summed E-state index contributed by atoms with van der Waals surface area (Å²) in [6.07, 6.45) is -0.623. The Hall–Kier alpha value is -3.27. The van der Waals surface area contributed by atoms with Crippen LogP contribution >= 0.6 is 0 Å². The predicted molar refractivity (Wildman–Crippen MR) is 120 cm³/mol. The molecule has 3 aromatic carbocycles. The van der Waals surface area contributed by atoms with Crippen LogP contribution in [0.25, 0.3) is 0 Å². The van der Waals surface area contributed by atoms with Crippen molar-refractivity contribution in [1.29, 1.82) is 0 Å². The van der Waals surface area contributed by atoms with Crippen molar-refractivity contribution < 1.29 is 9.53 Å². The minimum atomic E-state index is -0.623. The molecule has 150 valence electrons. The highest BCUT2D eigenvalue weighted by Crippen LogP contribution is 2.28. The molecule has 0 saturated carbocycles. The summed E-state index contributed by atoms with van der Waals surface area (Å²) in [6, 6.07) is 23.6. The number of ether oxygens (including phenoxy) is 1. The zero-order chi connectivity index (χ0) is 20.8. The quantitative estimate of drug-likeness (QED) is 0.502. The molecular formula is C25H28N2O2. The Morgan fingerprint density at radius 3 is 2.14 bits per heavy atom. The molecule has 1 atom stereocenters. The number of rotatable bonds is 7. The van der Waals surface area contributed by atoms with Crippen molar-refractivity contribution in [2.75, 3.05) is 10.6 Å². The summed E-state index contributed by atoms with van der Waals surface area (Å²) in [6.45, 7) is 8.04. The maximum atomic E-state index is 12.8. The number of para-hydroxylation sites is 3. The molecule has 3 aromatic rings. The van der Waals surface area contributed by atoms with E-state index in [0.717, 1.165) is 22.7 Å². The number of aryl methyl sites for hydroxylation is 1.